The van der Waals surface area contributed by atoms with E-state index in [1.807, 2.05) is 0 Å². The van der Waals surface area contributed by atoms with E-state index >= 15 is 0 Å². The van der Waals surface area contributed by atoms with Gasteiger partial charge in [0.1, 0.15) is 0 Å². The maximum absolute atomic E-state index is 12.4. The normalized spacial score (nSPS) is 22.5. The van der Waals surface area contributed by atoms with Crippen molar-refractivity contribution in [2.75, 3.05) is 24.7 Å². The number of hydrogen-bond donors (Lipinski definition) is 1. The summed E-state index contributed by atoms with van der Waals surface area (Å²) in [7, 11) is -1.42. The Kier molecular flexibility index (Phi) is 5.33. The van der Waals surface area contributed by atoms with E-state index in [0.29, 0.717) is 25.3 Å². The molecule has 0 radical (unpaired) electrons. The van der Waals surface area contributed by atoms with Gasteiger partial charge in [-0.1, -0.05) is 6.42 Å². The molecule has 140 valence electrons. The predicted octanol–water partition coefficient (Wildman–Crippen LogP) is 1.62. The van der Waals surface area contributed by atoms with Gasteiger partial charge in [-0.15, -0.1) is 0 Å². The van der Waals surface area contributed by atoms with Crippen LogP contribution in [0.3, 0.4) is 0 Å². The van der Waals surface area contributed by atoms with E-state index in [1.165, 1.54) is 6.26 Å². The Balaban J connectivity index is 1.62. The molecule has 0 bridgehead atoms. The topological polar surface area (TPSA) is 87.5 Å². The van der Waals surface area contributed by atoms with E-state index in [4.69, 9.17) is 0 Å². The Labute approximate surface area is 149 Å². The highest BCUT2D eigenvalue weighted by Crippen LogP contribution is 2.32. The van der Waals surface area contributed by atoms with Gasteiger partial charge in [0.25, 0.3) is 0 Å². The molecular formula is C16H27N5O3S. The molecule has 8 nitrogen and oxygen atoms in total. The Morgan fingerprint density at radius 3 is 2.44 bits per heavy atom. The zero-order chi connectivity index (χ0) is 18.0. The van der Waals surface area contributed by atoms with Crippen LogP contribution in [0.15, 0.2) is 12.3 Å². The first kappa shape index (κ1) is 18.2. The Hall–Kier alpha value is -1.61. The van der Waals surface area contributed by atoms with Crippen LogP contribution < -0.4 is 5.32 Å². The Bertz CT molecular complexity index is 713. The van der Waals surface area contributed by atoms with Crippen LogP contribution in [0.25, 0.3) is 0 Å². The molecule has 1 saturated carbocycles. The fourth-order valence-corrected chi connectivity index (χ4v) is 5.19. The second kappa shape index (κ2) is 7.33. The summed E-state index contributed by atoms with van der Waals surface area (Å²) in [4.78, 5) is 14.2. The van der Waals surface area contributed by atoms with Crippen LogP contribution in [0.4, 0.5) is 10.6 Å². The fraction of sp³-hybridized carbons (Fsp3) is 0.750. The minimum Gasteiger partial charge on any atom is -0.324 e. The standard InChI is InChI=1S/C16H27N5O3S/c1-19-11-9-15(18-19)17-16(22)20-10-4-7-14(8-12-20)21(25(2,23)24)13-5-3-6-13/h9,11,13-14H,3-8,10,12H2,1-2H3,(H,17,18,22)/t14-/m0/s1. The number of nitrogens with one attached hydrogen (secondary N) is 1. The van der Waals surface area contributed by atoms with Crippen molar-refractivity contribution < 1.29 is 13.2 Å². The Morgan fingerprint density at radius 2 is 1.88 bits per heavy atom. The maximum Gasteiger partial charge on any atom is 0.323 e. The van der Waals surface area contributed by atoms with Crippen molar-refractivity contribution in [3.05, 3.63) is 12.3 Å². The first-order valence-electron chi connectivity index (χ1n) is 8.88. The second-order valence-electron chi connectivity index (χ2n) is 7.05. The third-order valence-corrected chi connectivity index (χ3v) is 6.47. The van der Waals surface area contributed by atoms with Gasteiger partial charge in [-0.3, -0.25) is 10.00 Å². The lowest BCUT2D eigenvalue weighted by molar-refractivity contribution is 0.162. The molecule has 1 aliphatic heterocycles. The molecule has 1 N–H and O–H groups in total. The summed E-state index contributed by atoms with van der Waals surface area (Å²) in [5, 5.41) is 6.96. The lowest BCUT2D eigenvalue weighted by atomic mass is 9.91. The van der Waals surface area contributed by atoms with E-state index in [2.05, 4.69) is 10.4 Å². The third kappa shape index (κ3) is 4.33. The average Bonchev–Trinajstić information content (AvgIpc) is 2.74. The van der Waals surface area contributed by atoms with Crippen molar-refractivity contribution in [3.63, 3.8) is 0 Å². The molecular weight excluding hydrogens is 342 g/mol. The van der Waals surface area contributed by atoms with Crippen LogP contribution in [0, 0.1) is 0 Å². The second-order valence-corrected chi connectivity index (χ2v) is 8.94. The maximum atomic E-state index is 12.4. The predicted molar refractivity (Wildman–Crippen MR) is 95.8 cm³/mol. The molecule has 0 aromatic carbocycles. The number of amides is 2. The average molecular weight is 369 g/mol. The molecule has 25 heavy (non-hydrogen) atoms. The zero-order valence-corrected chi connectivity index (χ0v) is 15.7. The van der Waals surface area contributed by atoms with Crippen LogP contribution in [-0.4, -0.2) is 64.9 Å². The number of anilines is 1. The minimum absolute atomic E-state index is 0.00653. The summed E-state index contributed by atoms with van der Waals surface area (Å²) >= 11 is 0. The van der Waals surface area contributed by atoms with Gasteiger partial charge < -0.3 is 4.90 Å². The highest BCUT2D eigenvalue weighted by molar-refractivity contribution is 7.88. The van der Waals surface area contributed by atoms with E-state index in [-0.39, 0.29) is 18.1 Å². The summed E-state index contributed by atoms with van der Waals surface area (Å²) in [5.74, 6) is 0.528. The summed E-state index contributed by atoms with van der Waals surface area (Å²) in [6.07, 6.45) is 8.37. The van der Waals surface area contributed by atoms with Gasteiger partial charge in [-0.2, -0.15) is 9.40 Å². The lowest BCUT2D eigenvalue weighted by Crippen LogP contribution is -2.50. The van der Waals surface area contributed by atoms with Crippen LogP contribution in [-0.2, 0) is 17.1 Å². The van der Waals surface area contributed by atoms with Crippen molar-refractivity contribution in [1.82, 2.24) is 19.0 Å². The van der Waals surface area contributed by atoms with Crippen molar-refractivity contribution in [2.45, 2.75) is 50.6 Å². The van der Waals surface area contributed by atoms with E-state index in [9.17, 15) is 13.2 Å². The number of carbonyl (C=O) groups is 1. The van der Waals surface area contributed by atoms with Crippen molar-refractivity contribution in [1.29, 1.82) is 0 Å². The van der Waals surface area contributed by atoms with E-state index < -0.39 is 10.0 Å². The third-order valence-electron chi connectivity index (χ3n) is 5.11. The molecule has 1 atom stereocenters. The molecule has 1 aromatic heterocycles. The van der Waals surface area contributed by atoms with Gasteiger partial charge >= 0.3 is 6.03 Å². The van der Waals surface area contributed by atoms with Crippen molar-refractivity contribution >= 4 is 21.9 Å². The highest BCUT2D eigenvalue weighted by atomic mass is 32.2. The first-order chi connectivity index (χ1) is 11.8. The molecule has 2 amide bonds. The summed E-state index contributed by atoms with van der Waals surface area (Å²) in [6.45, 7) is 1.19. The summed E-state index contributed by atoms with van der Waals surface area (Å²) in [6, 6.07) is 1.72. The van der Waals surface area contributed by atoms with Crippen molar-refractivity contribution in [3.8, 4) is 0 Å². The van der Waals surface area contributed by atoms with Crippen LogP contribution >= 0.6 is 0 Å². The van der Waals surface area contributed by atoms with E-state index in [1.54, 1.807) is 33.2 Å². The number of sulfonamides is 1. The molecule has 3 rings (SSSR count). The number of nitrogens with zero attached hydrogens (tertiary/aromatic N) is 4. The molecule has 1 aromatic rings. The van der Waals surface area contributed by atoms with E-state index in [0.717, 1.165) is 32.1 Å². The zero-order valence-electron chi connectivity index (χ0n) is 14.9. The SMILES string of the molecule is Cn1ccc(NC(=O)N2CCC[C@H](N(C3CCC3)S(C)(=O)=O)CC2)n1. The lowest BCUT2D eigenvalue weighted by Gasteiger charge is -2.40. The van der Waals surface area contributed by atoms with Gasteiger partial charge in [-0.25, -0.2) is 13.2 Å². The monoisotopic (exact) mass is 369 g/mol. The molecule has 2 fully saturated rings. The largest absolute Gasteiger partial charge is 0.324 e. The molecule has 0 unspecified atom stereocenters. The van der Waals surface area contributed by atoms with Gasteiger partial charge in [0.2, 0.25) is 10.0 Å². The number of aromatic nitrogens is 2. The minimum atomic E-state index is -3.22. The molecule has 1 aliphatic carbocycles. The summed E-state index contributed by atoms with van der Waals surface area (Å²) in [5.41, 5.74) is 0. The highest BCUT2D eigenvalue weighted by Gasteiger charge is 2.37. The van der Waals surface area contributed by atoms with Gasteiger partial charge in [0.15, 0.2) is 5.82 Å². The molecule has 2 aliphatic rings. The quantitative estimate of drug-likeness (QED) is 0.874. The number of urea groups is 1. The first-order valence-corrected chi connectivity index (χ1v) is 10.7. The number of likely N-dealkylation sites (tertiary alicyclic amines) is 1. The van der Waals surface area contributed by atoms with Crippen LogP contribution in [0.2, 0.25) is 0 Å². The van der Waals surface area contributed by atoms with Gasteiger partial charge in [0, 0.05) is 44.5 Å². The number of rotatable bonds is 4. The van der Waals surface area contributed by atoms with Crippen molar-refractivity contribution in [2.24, 2.45) is 7.05 Å². The van der Waals surface area contributed by atoms with Gasteiger partial charge in [-0.05, 0) is 32.1 Å². The molecule has 2 heterocycles. The molecule has 9 heteroatoms. The number of aryl methyl sites for hydroxylation is 1. The fourth-order valence-electron chi connectivity index (χ4n) is 3.69. The summed E-state index contributed by atoms with van der Waals surface area (Å²) < 4.78 is 27.9. The number of hydrogen-bond acceptors (Lipinski definition) is 4. The Morgan fingerprint density at radius 1 is 1.20 bits per heavy atom. The number of carbonyl (C=O) groups excluding carboxylic acids is 1. The van der Waals surface area contributed by atoms with Gasteiger partial charge in [0.05, 0.1) is 6.26 Å². The van der Waals surface area contributed by atoms with Crippen LogP contribution in [0.5, 0.6) is 0 Å². The molecule has 1 saturated heterocycles. The molecule has 0 spiro atoms. The smallest absolute Gasteiger partial charge is 0.323 e. The van der Waals surface area contributed by atoms with Crippen LogP contribution in [0.1, 0.15) is 38.5 Å².